The van der Waals surface area contributed by atoms with Crippen molar-refractivity contribution in [2.45, 2.75) is 18.9 Å². The van der Waals surface area contributed by atoms with Crippen LogP contribution in [0.5, 0.6) is 0 Å². The summed E-state index contributed by atoms with van der Waals surface area (Å²) in [6.07, 6.45) is 1.71. The smallest absolute Gasteiger partial charge is 0.186 e. The number of nitroso groups, excluding NO2 is 2. The molecule has 11 heavy (non-hydrogen) atoms. The molecule has 0 aliphatic heterocycles. The van der Waals surface area contributed by atoms with Gasteiger partial charge in [0.1, 0.15) is 11.7 Å². The molecule has 1 atom stereocenters. The van der Waals surface area contributed by atoms with Crippen LogP contribution in [0.3, 0.4) is 0 Å². The molecule has 5 heteroatoms. The number of hydrogen-bond acceptors (Lipinski definition) is 5. The molecule has 0 aromatic heterocycles. The number of carbonyl (C=O) groups excluding carboxylic acids is 1. The highest BCUT2D eigenvalue weighted by Crippen LogP contribution is 2.17. The summed E-state index contributed by atoms with van der Waals surface area (Å²) in [5, 5.41) is 5.22. The molecule has 0 N–H and O–H groups in total. The maximum absolute atomic E-state index is 10.8. The molecule has 0 radical (unpaired) electrons. The lowest BCUT2D eigenvalue weighted by Gasteiger charge is -2.09. The number of ketones is 1. The van der Waals surface area contributed by atoms with Gasteiger partial charge in [0, 0.05) is 6.42 Å². The molecule has 0 saturated carbocycles. The summed E-state index contributed by atoms with van der Waals surface area (Å²) < 4.78 is 0. The van der Waals surface area contributed by atoms with Gasteiger partial charge in [-0.3, -0.25) is 4.79 Å². The molecule has 0 bridgehead atoms. The quantitative estimate of drug-likeness (QED) is 0.559. The maximum Gasteiger partial charge on any atom is 0.186 e. The Morgan fingerprint density at radius 3 is 2.64 bits per heavy atom. The number of carbonyl (C=O) groups is 1. The van der Waals surface area contributed by atoms with Crippen LogP contribution in [0.15, 0.2) is 22.1 Å². The molecule has 0 saturated heterocycles. The number of hydrogen-bond donors (Lipinski definition) is 0. The summed E-state index contributed by atoms with van der Waals surface area (Å²) in [7, 11) is 0. The highest BCUT2D eigenvalue weighted by atomic mass is 16.3. The van der Waals surface area contributed by atoms with Crippen molar-refractivity contribution in [1.29, 1.82) is 0 Å². The molecule has 5 nitrogen and oxygen atoms in total. The second kappa shape index (κ2) is 3.14. The van der Waals surface area contributed by atoms with Crippen LogP contribution >= 0.6 is 0 Å². The predicted molar refractivity (Wildman–Crippen MR) is 37.7 cm³/mol. The highest BCUT2D eigenvalue weighted by molar-refractivity contribution is 5.96. The fourth-order valence-electron chi connectivity index (χ4n) is 0.932. The third-order valence-corrected chi connectivity index (χ3v) is 1.54. The SMILES string of the molecule is O=NC1=CCC(N=O)CC1=O. The molecule has 58 valence electrons. The van der Waals surface area contributed by atoms with Gasteiger partial charge in [0.05, 0.1) is 0 Å². The van der Waals surface area contributed by atoms with E-state index in [2.05, 4.69) is 10.4 Å². The summed E-state index contributed by atoms with van der Waals surface area (Å²) in [6.45, 7) is 0. The van der Waals surface area contributed by atoms with Gasteiger partial charge in [-0.15, -0.1) is 4.91 Å². The van der Waals surface area contributed by atoms with Gasteiger partial charge in [0.2, 0.25) is 0 Å². The van der Waals surface area contributed by atoms with E-state index in [-0.39, 0.29) is 12.1 Å². The van der Waals surface area contributed by atoms with E-state index in [4.69, 9.17) is 0 Å². The third kappa shape index (κ3) is 1.54. The lowest BCUT2D eigenvalue weighted by atomic mass is 9.99. The number of rotatable bonds is 2. The summed E-state index contributed by atoms with van der Waals surface area (Å²) >= 11 is 0. The van der Waals surface area contributed by atoms with Crippen molar-refractivity contribution >= 4 is 5.78 Å². The Hall–Kier alpha value is -1.39. The Morgan fingerprint density at radius 1 is 1.45 bits per heavy atom. The van der Waals surface area contributed by atoms with Crippen LogP contribution in [-0.2, 0) is 4.79 Å². The van der Waals surface area contributed by atoms with Crippen LogP contribution < -0.4 is 0 Å². The minimum atomic E-state index is -0.506. The van der Waals surface area contributed by atoms with Crippen LogP contribution in [0.2, 0.25) is 0 Å². The third-order valence-electron chi connectivity index (χ3n) is 1.54. The van der Waals surface area contributed by atoms with Gasteiger partial charge in [-0.1, -0.05) is 5.18 Å². The summed E-state index contributed by atoms with van der Waals surface area (Å²) in [5.74, 6) is -0.393. The van der Waals surface area contributed by atoms with Gasteiger partial charge in [0.15, 0.2) is 5.78 Å². The minimum Gasteiger partial charge on any atom is -0.292 e. The average Bonchev–Trinajstić information content (AvgIpc) is 2.04. The highest BCUT2D eigenvalue weighted by Gasteiger charge is 2.22. The monoisotopic (exact) mass is 154 g/mol. The first-order chi connectivity index (χ1) is 5.27. The van der Waals surface area contributed by atoms with E-state index in [1.165, 1.54) is 6.08 Å². The standard InChI is InChI=1S/C6H6N2O3/c9-6-3-4(7-10)1-2-5(6)8-11/h2,4H,1,3H2. The number of Topliss-reactive ketones (excluding diaryl/α,β-unsaturated/α-hetero) is 1. The molecule has 1 rings (SSSR count). The number of allylic oxidation sites excluding steroid dienone is 1. The molecule has 0 aromatic carbocycles. The molecule has 0 heterocycles. The van der Waals surface area contributed by atoms with Gasteiger partial charge >= 0.3 is 0 Å². The number of nitrogens with zero attached hydrogens (tertiary/aromatic N) is 2. The van der Waals surface area contributed by atoms with Crippen LogP contribution in [0.4, 0.5) is 0 Å². The summed E-state index contributed by atoms with van der Waals surface area (Å²) in [5.41, 5.74) is -0.0788. The Bertz CT molecular complexity index is 234. The second-order valence-corrected chi connectivity index (χ2v) is 2.30. The zero-order valence-electron chi connectivity index (χ0n) is 5.69. The lowest BCUT2D eigenvalue weighted by molar-refractivity contribution is -0.116. The van der Waals surface area contributed by atoms with E-state index < -0.39 is 11.8 Å². The van der Waals surface area contributed by atoms with E-state index in [1.54, 1.807) is 0 Å². The van der Waals surface area contributed by atoms with Crippen LogP contribution in [0.1, 0.15) is 12.8 Å². The van der Waals surface area contributed by atoms with Gasteiger partial charge < -0.3 is 0 Å². The second-order valence-electron chi connectivity index (χ2n) is 2.30. The van der Waals surface area contributed by atoms with Crippen LogP contribution in [-0.4, -0.2) is 11.8 Å². The molecule has 0 spiro atoms. The minimum absolute atomic E-state index is 0.0150. The molecule has 1 unspecified atom stereocenters. The summed E-state index contributed by atoms with van der Waals surface area (Å²) in [4.78, 5) is 30.7. The van der Waals surface area contributed by atoms with Crippen molar-refractivity contribution in [2.75, 3.05) is 0 Å². The molecule has 0 amide bonds. The average molecular weight is 154 g/mol. The lowest BCUT2D eigenvalue weighted by Crippen LogP contribution is -2.16. The molecule has 0 aromatic rings. The van der Waals surface area contributed by atoms with Crippen molar-refractivity contribution in [3.63, 3.8) is 0 Å². The maximum atomic E-state index is 10.8. The normalized spacial score (nSPS) is 24.2. The van der Waals surface area contributed by atoms with E-state index >= 15 is 0 Å². The van der Waals surface area contributed by atoms with Crippen LogP contribution in [0.25, 0.3) is 0 Å². The van der Waals surface area contributed by atoms with Crippen molar-refractivity contribution in [1.82, 2.24) is 0 Å². The molecular formula is C6H6N2O3. The van der Waals surface area contributed by atoms with Gasteiger partial charge in [-0.05, 0) is 17.7 Å². The Balaban J connectivity index is 2.75. The van der Waals surface area contributed by atoms with Crippen molar-refractivity contribution in [3.05, 3.63) is 21.6 Å². The van der Waals surface area contributed by atoms with Crippen LogP contribution in [0, 0.1) is 9.81 Å². The first-order valence-corrected chi connectivity index (χ1v) is 3.17. The molecule has 1 aliphatic rings. The first kappa shape index (κ1) is 7.71. The topological polar surface area (TPSA) is 75.9 Å². The molecule has 0 fully saturated rings. The van der Waals surface area contributed by atoms with Crippen molar-refractivity contribution in [3.8, 4) is 0 Å². The molecule has 1 aliphatic carbocycles. The largest absolute Gasteiger partial charge is 0.292 e. The van der Waals surface area contributed by atoms with Crippen molar-refractivity contribution < 1.29 is 4.79 Å². The van der Waals surface area contributed by atoms with Crippen molar-refractivity contribution in [2.24, 2.45) is 10.4 Å². The summed E-state index contributed by atoms with van der Waals surface area (Å²) in [6, 6.07) is -0.506. The zero-order chi connectivity index (χ0) is 8.27. The van der Waals surface area contributed by atoms with E-state index in [0.717, 1.165) is 0 Å². The van der Waals surface area contributed by atoms with E-state index in [1.807, 2.05) is 0 Å². The molecular weight excluding hydrogens is 148 g/mol. The van der Waals surface area contributed by atoms with Gasteiger partial charge in [0.25, 0.3) is 0 Å². The van der Waals surface area contributed by atoms with E-state index in [9.17, 15) is 14.6 Å². The first-order valence-electron chi connectivity index (χ1n) is 3.17. The van der Waals surface area contributed by atoms with Gasteiger partial charge in [-0.2, -0.15) is 4.91 Å². The Morgan fingerprint density at radius 2 is 2.18 bits per heavy atom. The predicted octanol–water partition coefficient (Wildman–Crippen LogP) is 1.13. The zero-order valence-corrected chi connectivity index (χ0v) is 5.69. The fourth-order valence-corrected chi connectivity index (χ4v) is 0.932. The Kier molecular flexibility index (Phi) is 2.20. The Labute approximate surface area is 62.4 Å². The van der Waals surface area contributed by atoms with E-state index in [0.29, 0.717) is 6.42 Å². The fraction of sp³-hybridized carbons (Fsp3) is 0.500. The van der Waals surface area contributed by atoms with Gasteiger partial charge in [-0.25, -0.2) is 0 Å².